The molecule has 0 aliphatic heterocycles. The summed E-state index contributed by atoms with van der Waals surface area (Å²) in [5.74, 6) is -1.21. The van der Waals surface area contributed by atoms with Crippen LogP contribution >= 0.6 is 0 Å². The molecular formula is C69H132N6O6. The number of allylic oxidation sites excluding steroid dienone is 4. The molecule has 0 heterocycles. The smallest absolute Gasteiger partial charge is 0.242 e. The van der Waals surface area contributed by atoms with Crippen LogP contribution in [0.4, 0.5) is 0 Å². The van der Waals surface area contributed by atoms with Gasteiger partial charge in [0, 0.05) is 39.8 Å². The third-order valence-corrected chi connectivity index (χ3v) is 16.0. The number of nitrogens with one attached hydrogen (secondary N) is 2. The van der Waals surface area contributed by atoms with Gasteiger partial charge in [0.15, 0.2) is 0 Å². The summed E-state index contributed by atoms with van der Waals surface area (Å²) in [4.78, 5) is 76.7. The van der Waals surface area contributed by atoms with Crippen molar-refractivity contribution in [1.82, 2.24) is 30.2 Å². The summed E-state index contributed by atoms with van der Waals surface area (Å²) in [7, 11) is 1.59. The highest BCUT2D eigenvalue weighted by atomic mass is 16.3. The number of aliphatic hydroxyl groups is 1. The molecular weight excluding hydrogens is 1010 g/mol. The van der Waals surface area contributed by atoms with E-state index >= 15 is 0 Å². The van der Waals surface area contributed by atoms with Crippen LogP contribution in [0.25, 0.3) is 0 Å². The van der Waals surface area contributed by atoms with Gasteiger partial charge < -0.3 is 35.3 Å². The Balaban J connectivity index is 6.07. The predicted molar refractivity (Wildman–Crippen MR) is 344 cm³/mol. The van der Waals surface area contributed by atoms with Crippen molar-refractivity contribution in [2.45, 2.75) is 310 Å². The number of rotatable bonds is 62. The van der Waals surface area contributed by atoms with Gasteiger partial charge >= 0.3 is 0 Å². The number of carbonyl (C=O) groups is 5. The molecule has 0 fully saturated rings. The molecule has 81 heavy (non-hydrogen) atoms. The Morgan fingerprint density at radius 3 is 0.815 bits per heavy atom. The second-order valence-electron chi connectivity index (χ2n) is 23.7. The molecule has 0 atom stereocenters. The number of hydrogen-bond acceptors (Lipinski definition) is 7. The molecule has 3 N–H and O–H groups in total. The van der Waals surface area contributed by atoms with Gasteiger partial charge in [-0.25, -0.2) is 0 Å². The van der Waals surface area contributed by atoms with E-state index in [1.807, 2.05) is 0 Å². The first-order chi connectivity index (χ1) is 39.7. The molecule has 474 valence electrons. The van der Waals surface area contributed by atoms with E-state index < -0.39 is 0 Å². The van der Waals surface area contributed by atoms with Gasteiger partial charge in [-0.2, -0.15) is 0 Å². The topological polar surface area (TPSA) is 143 Å². The summed E-state index contributed by atoms with van der Waals surface area (Å²) in [5.41, 5.74) is 0. The molecule has 0 aromatic heterocycles. The molecule has 0 radical (unpaired) electrons. The number of unbranched alkanes of at least 4 members (excludes halogenated alkanes) is 38. The highest BCUT2D eigenvalue weighted by Gasteiger charge is 2.27. The van der Waals surface area contributed by atoms with Crippen molar-refractivity contribution in [3.63, 3.8) is 0 Å². The zero-order valence-corrected chi connectivity index (χ0v) is 54.0. The second kappa shape index (κ2) is 61.3. The fourth-order valence-corrected chi connectivity index (χ4v) is 10.6. The van der Waals surface area contributed by atoms with Crippen LogP contribution in [0, 0.1) is 0 Å². The van der Waals surface area contributed by atoms with Crippen LogP contribution in [0.2, 0.25) is 0 Å². The van der Waals surface area contributed by atoms with Crippen LogP contribution in [-0.2, 0) is 24.0 Å². The monoisotopic (exact) mass is 1140 g/mol. The molecule has 0 aromatic carbocycles. The van der Waals surface area contributed by atoms with E-state index in [1.165, 1.54) is 167 Å². The number of carbonyl (C=O) groups excluding carboxylic acids is 5. The largest absolute Gasteiger partial charge is 0.395 e. The van der Waals surface area contributed by atoms with Crippen molar-refractivity contribution < 1.29 is 29.1 Å². The first-order valence-electron chi connectivity index (χ1n) is 34.6. The van der Waals surface area contributed by atoms with Gasteiger partial charge in [-0.1, -0.05) is 257 Å². The minimum absolute atomic E-state index is 0.0248. The standard InChI is InChI=1S/C69H132N6O6/c1-6-10-14-18-22-26-28-30-32-34-36-38-40-44-46-50-55-72(61-65(77)70-5)67(79)63-74(57-52-48-43-25-21-17-13-9-4)69(81)64-75(58-53-49-45-41-39-37-35-33-31-29-27-23-19-15-11-7-2)68(80)62-73(66(78)60-71-54-59-76)56-51-47-42-24-20-16-12-8-3/h30-33,71,76H,6-29,34-64H2,1-5H3,(H,70,77)/b32-30-,33-31-. The summed E-state index contributed by atoms with van der Waals surface area (Å²) >= 11 is 0. The van der Waals surface area contributed by atoms with Gasteiger partial charge in [0.1, 0.15) is 0 Å². The molecule has 0 saturated heterocycles. The number of likely N-dealkylation sites (N-methyl/N-ethyl adjacent to an activating group) is 1. The van der Waals surface area contributed by atoms with Crippen molar-refractivity contribution in [2.24, 2.45) is 0 Å². The van der Waals surface area contributed by atoms with E-state index in [9.17, 15) is 29.1 Å². The maximum atomic E-state index is 14.7. The lowest BCUT2D eigenvalue weighted by Gasteiger charge is -2.31. The van der Waals surface area contributed by atoms with Gasteiger partial charge in [-0.05, 0) is 77.0 Å². The van der Waals surface area contributed by atoms with Gasteiger partial charge in [0.2, 0.25) is 29.5 Å². The van der Waals surface area contributed by atoms with E-state index in [0.717, 1.165) is 116 Å². The first kappa shape index (κ1) is 77.8. The van der Waals surface area contributed by atoms with Crippen molar-refractivity contribution >= 4 is 29.5 Å². The molecule has 0 unspecified atom stereocenters. The van der Waals surface area contributed by atoms with Crippen LogP contribution in [0.1, 0.15) is 310 Å². The Morgan fingerprint density at radius 1 is 0.321 bits per heavy atom. The normalized spacial score (nSPS) is 11.5. The first-order valence-corrected chi connectivity index (χ1v) is 34.6. The second-order valence-corrected chi connectivity index (χ2v) is 23.7. The molecule has 12 heteroatoms. The third kappa shape index (κ3) is 50.9. The summed E-state index contributed by atoms with van der Waals surface area (Å²) in [6.07, 6.45) is 60.2. The maximum Gasteiger partial charge on any atom is 0.242 e. The summed E-state index contributed by atoms with van der Waals surface area (Å²) < 4.78 is 0. The molecule has 0 rings (SSSR count). The zero-order chi connectivity index (χ0) is 59.3. The summed E-state index contributed by atoms with van der Waals surface area (Å²) in [5, 5.41) is 15.1. The van der Waals surface area contributed by atoms with Crippen molar-refractivity contribution in [2.75, 3.05) is 79.1 Å². The Labute approximate surface area is 500 Å². The van der Waals surface area contributed by atoms with Crippen LogP contribution < -0.4 is 10.6 Å². The Morgan fingerprint density at radius 2 is 0.556 bits per heavy atom. The minimum Gasteiger partial charge on any atom is -0.395 e. The van der Waals surface area contributed by atoms with Gasteiger partial charge in [-0.3, -0.25) is 24.0 Å². The highest BCUT2D eigenvalue weighted by molar-refractivity contribution is 5.91. The summed E-state index contributed by atoms with van der Waals surface area (Å²) in [6.45, 7) is 10.4. The lowest BCUT2D eigenvalue weighted by Crippen LogP contribution is -2.51. The number of aliphatic hydroxyl groups excluding tert-OH is 1. The summed E-state index contributed by atoms with van der Waals surface area (Å²) in [6, 6.07) is 0. The quantitative estimate of drug-likeness (QED) is 0.0407. The average Bonchev–Trinajstić information content (AvgIpc) is 3.46. The maximum absolute atomic E-state index is 14.7. The molecule has 0 spiro atoms. The lowest BCUT2D eigenvalue weighted by atomic mass is 10.1. The Kier molecular flexibility index (Phi) is 58.9. The Hall–Kier alpha value is -3.25. The van der Waals surface area contributed by atoms with E-state index in [4.69, 9.17) is 0 Å². The molecule has 0 aromatic rings. The average molecular weight is 1140 g/mol. The molecule has 0 aliphatic rings. The van der Waals surface area contributed by atoms with E-state index in [1.54, 1.807) is 26.6 Å². The van der Waals surface area contributed by atoms with Gasteiger partial charge in [0.25, 0.3) is 0 Å². The van der Waals surface area contributed by atoms with Crippen molar-refractivity contribution in [1.29, 1.82) is 0 Å². The number of amides is 5. The minimum atomic E-state index is -0.271. The highest BCUT2D eigenvalue weighted by Crippen LogP contribution is 2.16. The van der Waals surface area contributed by atoms with E-state index in [-0.39, 0.29) is 75.4 Å². The molecule has 0 saturated carbocycles. The van der Waals surface area contributed by atoms with Crippen molar-refractivity contribution in [3.8, 4) is 0 Å². The third-order valence-electron chi connectivity index (χ3n) is 16.0. The Bertz CT molecular complexity index is 1510. The fraction of sp³-hybridized carbons (Fsp3) is 0.870. The van der Waals surface area contributed by atoms with E-state index in [0.29, 0.717) is 26.2 Å². The van der Waals surface area contributed by atoms with Crippen LogP contribution in [0.5, 0.6) is 0 Å². The SMILES string of the molecule is CCCCCCCC/C=C\CCCCCCCCN(CC(=O)NC)C(=O)CN(CCCCCCCCCC)C(=O)CN(CCCCCCCC/C=C\CCCCCCCC)C(=O)CN(CCCCCCCCCC)C(=O)CNCCO. The number of nitrogens with zero attached hydrogens (tertiary/aromatic N) is 4. The van der Waals surface area contributed by atoms with Crippen molar-refractivity contribution in [3.05, 3.63) is 24.3 Å². The fourth-order valence-electron chi connectivity index (χ4n) is 10.6. The zero-order valence-electron chi connectivity index (χ0n) is 54.0. The van der Waals surface area contributed by atoms with Crippen LogP contribution in [-0.4, -0.2) is 133 Å². The van der Waals surface area contributed by atoms with E-state index in [2.05, 4.69) is 62.6 Å². The lowest BCUT2D eigenvalue weighted by molar-refractivity contribution is -0.146. The molecule has 0 aliphatic carbocycles. The van der Waals surface area contributed by atoms with Gasteiger partial charge in [0.05, 0.1) is 39.3 Å². The molecule has 12 nitrogen and oxygen atoms in total. The van der Waals surface area contributed by atoms with Crippen LogP contribution in [0.3, 0.4) is 0 Å². The van der Waals surface area contributed by atoms with Crippen LogP contribution in [0.15, 0.2) is 24.3 Å². The molecule has 5 amide bonds. The predicted octanol–water partition coefficient (Wildman–Crippen LogP) is 16.0. The number of hydrogen-bond donors (Lipinski definition) is 3. The molecule has 0 bridgehead atoms. The van der Waals surface area contributed by atoms with Gasteiger partial charge in [-0.15, -0.1) is 0 Å².